The lowest BCUT2D eigenvalue weighted by Gasteiger charge is -2.28. The molecule has 0 spiro atoms. The predicted octanol–water partition coefficient (Wildman–Crippen LogP) is -0.543. The number of nitrogens with one attached hydrogen (secondary N) is 3. The lowest BCUT2D eigenvalue weighted by molar-refractivity contribution is 0.122. The molecule has 0 radical (unpaired) electrons. The van der Waals surface area contributed by atoms with Gasteiger partial charge in [0, 0.05) is 13.7 Å². The van der Waals surface area contributed by atoms with Crippen molar-refractivity contribution < 1.29 is 13.2 Å². The van der Waals surface area contributed by atoms with Gasteiger partial charge in [0.05, 0.1) is 24.7 Å². The molecule has 1 aromatic rings. The highest BCUT2D eigenvalue weighted by Crippen LogP contribution is 2.19. The number of sulfonamides is 1. The minimum Gasteiger partial charge on any atom is -0.383 e. The molecule has 1 aliphatic rings. The van der Waals surface area contributed by atoms with Crippen molar-refractivity contribution in [1.82, 2.24) is 20.0 Å². The van der Waals surface area contributed by atoms with E-state index in [1.807, 2.05) is 0 Å². The van der Waals surface area contributed by atoms with Gasteiger partial charge in [0.15, 0.2) is 5.03 Å². The fraction of sp³-hybridized carbons (Fsp3) is 0.700. The Morgan fingerprint density at radius 2 is 2.44 bits per heavy atom. The molecule has 7 nitrogen and oxygen atoms in total. The maximum Gasteiger partial charge on any atom is 0.257 e. The number of aromatic nitrogens is 2. The van der Waals surface area contributed by atoms with E-state index < -0.39 is 10.0 Å². The van der Waals surface area contributed by atoms with Crippen molar-refractivity contribution >= 4 is 10.0 Å². The molecule has 1 aromatic heterocycles. The van der Waals surface area contributed by atoms with Crippen molar-refractivity contribution in [2.45, 2.75) is 23.4 Å². The smallest absolute Gasteiger partial charge is 0.257 e. The molecule has 1 atom stereocenters. The summed E-state index contributed by atoms with van der Waals surface area (Å²) in [6.07, 6.45) is 4.54. The summed E-state index contributed by atoms with van der Waals surface area (Å²) in [5.74, 6) is 0. The van der Waals surface area contributed by atoms with E-state index in [0.717, 1.165) is 19.4 Å². The third-order valence-corrected chi connectivity index (χ3v) is 4.44. The topological polar surface area (TPSA) is 96.1 Å². The molecule has 0 aliphatic carbocycles. The number of hydrogen-bond donors (Lipinski definition) is 3. The van der Waals surface area contributed by atoms with Gasteiger partial charge in [-0.05, 0) is 19.4 Å². The molecular weight excluding hydrogens is 256 g/mol. The SMILES string of the molecule is COCC1(CNS(=O)(=O)c2cnc[nH]2)CCCN1. The average molecular weight is 274 g/mol. The van der Waals surface area contributed by atoms with Crippen molar-refractivity contribution in [3.8, 4) is 0 Å². The van der Waals surface area contributed by atoms with E-state index in [2.05, 4.69) is 20.0 Å². The van der Waals surface area contributed by atoms with Crippen LogP contribution in [0.5, 0.6) is 0 Å². The molecule has 0 bridgehead atoms. The van der Waals surface area contributed by atoms with Crippen molar-refractivity contribution in [3.05, 3.63) is 12.5 Å². The molecule has 3 N–H and O–H groups in total. The van der Waals surface area contributed by atoms with Gasteiger partial charge in [-0.25, -0.2) is 18.1 Å². The first kappa shape index (κ1) is 13.5. The summed E-state index contributed by atoms with van der Waals surface area (Å²) in [5.41, 5.74) is -0.304. The number of methoxy groups -OCH3 is 1. The standard InChI is InChI=1S/C10H18N4O3S/c1-17-7-10(3-2-4-13-10)6-14-18(15,16)9-5-11-8-12-9/h5,8,13-14H,2-4,6-7H2,1H3,(H,11,12). The molecule has 0 amide bonds. The van der Waals surface area contributed by atoms with Crippen LogP contribution in [0, 0.1) is 0 Å². The predicted molar refractivity (Wildman–Crippen MR) is 65.6 cm³/mol. The lowest BCUT2D eigenvalue weighted by Crippen LogP contribution is -2.52. The van der Waals surface area contributed by atoms with Gasteiger partial charge in [-0.2, -0.15) is 0 Å². The Morgan fingerprint density at radius 3 is 3.00 bits per heavy atom. The maximum atomic E-state index is 11.9. The minimum atomic E-state index is -3.52. The molecule has 1 fully saturated rings. The summed E-state index contributed by atoms with van der Waals surface area (Å²) < 4.78 is 31.6. The first-order valence-corrected chi connectivity index (χ1v) is 7.28. The highest BCUT2D eigenvalue weighted by Gasteiger charge is 2.34. The molecule has 8 heteroatoms. The Bertz CT molecular complexity index is 465. The first-order chi connectivity index (χ1) is 8.58. The molecule has 0 saturated carbocycles. The van der Waals surface area contributed by atoms with Gasteiger partial charge >= 0.3 is 0 Å². The molecular formula is C10H18N4O3S. The van der Waals surface area contributed by atoms with Crippen LogP contribution in [0.1, 0.15) is 12.8 Å². The van der Waals surface area contributed by atoms with Crippen LogP contribution in [0.4, 0.5) is 0 Å². The van der Waals surface area contributed by atoms with E-state index in [-0.39, 0.29) is 10.6 Å². The van der Waals surface area contributed by atoms with Gasteiger partial charge in [0.1, 0.15) is 0 Å². The normalized spacial score (nSPS) is 24.5. The van der Waals surface area contributed by atoms with E-state index >= 15 is 0 Å². The van der Waals surface area contributed by atoms with Gasteiger partial charge in [-0.3, -0.25) is 0 Å². The fourth-order valence-electron chi connectivity index (χ4n) is 2.17. The molecule has 1 aliphatic heterocycles. The Balaban J connectivity index is 2.02. The van der Waals surface area contributed by atoms with Crippen LogP contribution in [0.15, 0.2) is 17.6 Å². The summed E-state index contributed by atoms with van der Waals surface area (Å²) in [6, 6.07) is 0. The number of nitrogens with zero attached hydrogens (tertiary/aromatic N) is 1. The summed E-state index contributed by atoms with van der Waals surface area (Å²) in [6.45, 7) is 1.68. The molecule has 18 heavy (non-hydrogen) atoms. The van der Waals surface area contributed by atoms with Crippen molar-refractivity contribution in [1.29, 1.82) is 0 Å². The third-order valence-electron chi connectivity index (χ3n) is 3.12. The molecule has 1 unspecified atom stereocenters. The van der Waals surface area contributed by atoms with Gasteiger partial charge in [-0.1, -0.05) is 0 Å². The highest BCUT2D eigenvalue weighted by atomic mass is 32.2. The van der Waals surface area contributed by atoms with Crippen LogP contribution in [0.2, 0.25) is 0 Å². The zero-order valence-corrected chi connectivity index (χ0v) is 11.1. The summed E-state index contributed by atoms with van der Waals surface area (Å²) in [4.78, 5) is 6.29. The van der Waals surface area contributed by atoms with E-state index in [0.29, 0.717) is 13.2 Å². The highest BCUT2D eigenvalue weighted by molar-refractivity contribution is 7.89. The largest absolute Gasteiger partial charge is 0.383 e. The van der Waals surface area contributed by atoms with Crippen molar-refractivity contribution in [2.75, 3.05) is 26.8 Å². The first-order valence-electron chi connectivity index (χ1n) is 5.80. The average Bonchev–Trinajstić information content (AvgIpc) is 2.99. The Kier molecular flexibility index (Phi) is 4.00. The van der Waals surface area contributed by atoms with Crippen LogP contribution < -0.4 is 10.0 Å². The van der Waals surface area contributed by atoms with E-state index in [4.69, 9.17) is 4.74 Å². The zero-order chi connectivity index (χ0) is 13.1. The zero-order valence-electron chi connectivity index (χ0n) is 10.3. The number of hydrogen-bond acceptors (Lipinski definition) is 5. The monoisotopic (exact) mass is 274 g/mol. The number of H-pyrrole nitrogens is 1. The van der Waals surface area contributed by atoms with Gasteiger partial charge in [-0.15, -0.1) is 0 Å². The number of ether oxygens (including phenoxy) is 1. The second-order valence-corrected chi connectivity index (χ2v) is 6.22. The third kappa shape index (κ3) is 2.89. The van der Waals surface area contributed by atoms with Gasteiger partial charge in [0.25, 0.3) is 10.0 Å². The number of imidazole rings is 1. The van der Waals surface area contributed by atoms with E-state index in [1.165, 1.54) is 12.5 Å². The molecule has 1 saturated heterocycles. The molecule has 102 valence electrons. The van der Waals surface area contributed by atoms with Crippen LogP contribution in [0.3, 0.4) is 0 Å². The van der Waals surface area contributed by atoms with E-state index in [1.54, 1.807) is 7.11 Å². The molecule has 0 aromatic carbocycles. The quantitative estimate of drug-likeness (QED) is 0.647. The van der Waals surface area contributed by atoms with Crippen molar-refractivity contribution in [3.63, 3.8) is 0 Å². The Labute approximate surface area is 106 Å². The van der Waals surface area contributed by atoms with Crippen LogP contribution in [-0.4, -0.2) is 50.7 Å². The van der Waals surface area contributed by atoms with Crippen LogP contribution in [0.25, 0.3) is 0 Å². The summed E-state index contributed by atoms with van der Waals surface area (Å²) in [5, 5.41) is 3.39. The number of rotatable bonds is 6. The second-order valence-electron chi connectivity index (χ2n) is 4.48. The van der Waals surface area contributed by atoms with Crippen molar-refractivity contribution in [2.24, 2.45) is 0 Å². The van der Waals surface area contributed by atoms with Crippen LogP contribution in [-0.2, 0) is 14.8 Å². The van der Waals surface area contributed by atoms with Gasteiger partial charge < -0.3 is 15.0 Å². The summed E-state index contributed by atoms with van der Waals surface area (Å²) >= 11 is 0. The van der Waals surface area contributed by atoms with Gasteiger partial charge in [0.2, 0.25) is 0 Å². The fourth-order valence-corrected chi connectivity index (χ4v) is 3.20. The molecule has 2 rings (SSSR count). The Morgan fingerprint density at radius 1 is 1.61 bits per heavy atom. The van der Waals surface area contributed by atoms with E-state index in [9.17, 15) is 8.42 Å². The maximum absolute atomic E-state index is 11.9. The molecule has 2 heterocycles. The second kappa shape index (κ2) is 5.35. The number of aromatic amines is 1. The lowest BCUT2D eigenvalue weighted by atomic mass is 9.99. The summed E-state index contributed by atoms with van der Waals surface area (Å²) in [7, 11) is -1.91. The minimum absolute atomic E-state index is 0.0769. The van der Waals surface area contributed by atoms with Crippen LogP contribution >= 0.6 is 0 Å². The Hall–Kier alpha value is -0.960.